The van der Waals surface area contributed by atoms with Crippen molar-refractivity contribution in [1.29, 1.82) is 0 Å². The molecular formula is C19H22ClN3O. The molecule has 126 valence electrons. The Morgan fingerprint density at radius 2 is 2.21 bits per heavy atom. The van der Waals surface area contributed by atoms with Crippen LogP contribution in [0.25, 0.3) is 0 Å². The van der Waals surface area contributed by atoms with E-state index in [9.17, 15) is 4.79 Å². The number of carbonyl (C=O) groups excluding carboxylic acids is 1. The number of piperidine rings is 1. The number of aromatic nitrogens is 2. The molecule has 1 amide bonds. The molecule has 1 aromatic heterocycles. The third kappa shape index (κ3) is 2.73. The summed E-state index contributed by atoms with van der Waals surface area (Å²) in [5.41, 5.74) is 3.76. The van der Waals surface area contributed by atoms with Crippen molar-refractivity contribution in [2.45, 2.75) is 43.9 Å². The number of H-pyrrole nitrogens is 1. The molecule has 4 rings (SSSR count). The van der Waals surface area contributed by atoms with E-state index in [2.05, 4.69) is 15.1 Å². The number of benzene rings is 1. The van der Waals surface area contributed by atoms with Crippen LogP contribution in [0.1, 0.15) is 42.5 Å². The van der Waals surface area contributed by atoms with Crippen molar-refractivity contribution < 1.29 is 4.79 Å². The number of hydrogen-bond acceptors (Lipinski definition) is 2. The average molecular weight is 344 g/mol. The van der Waals surface area contributed by atoms with Gasteiger partial charge in [0.25, 0.3) is 0 Å². The van der Waals surface area contributed by atoms with E-state index in [0.29, 0.717) is 12.8 Å². The summed E-state index contributed by atoms with van der Waals surface area (Å²) >= 11 is 6.20. The van der Waals surface area contributed by atoms with Crippen LogP contribution in [0.15, 0.2) is 30.5 Å². The van der Waals surface area contributed by atoms with Crippen LogP contribution >= 0.6 is 11.6 Å². The first-order valence-corrected chi connectivity index (χ1v) is 9.10. The first-order chi connectivity index (χ1) is 11.7. The van der Waals surface area contributed by atoms with Crippen LogP contribution in [0.5, 0.6) is 0 Å². The minimum absolute atomic E-state index is 0.101. The Hall–Kier alpha value is -1.81. The molecule has 0 radical (unpaired) electrons. The summed E-state index contributed by atoms with van der Waals surface area (Å²) in [4.78, 5) is 14.8. The molecule has 1 spiro atoms. The number of carbonyl (C=O) groups is 1. The molecular weight excluding hydrogens is 322 g/mol. The number of rotatable bonds is 3. The molecule has 1 fully saturated rings. The summed E-state index contributed by atoms with van der Waals surface area (Å²) < 4.78 is 0. The first-order valence-electron chi connectivity index (χ1n) is 8.72. The largest absolute Gasteiger partial charge is 0.342 e. The second-order valence-electron chi connectivity index (χ2n) is 7.06. The molecule has 1 saturated heterocycles. The van der Waals surface area contributed by atoms with Gasteiger partial charge in [0, 0.05) is 35.6 Å². The number of aryl methyl sites for hydroxylation is 2. The van der Waals surface area contributed by atoms with Gasteiger partial charge in [0.1, 0.15) is 0 Å². The molecule has 1 aromatic carbocycles. The fourth-order valence-electron chi connectivity index (χ4n) is 4.31. The highest BCUT2D eigenvalue weighted by atomic mass is 35.5. The normalized spacial score (nSPS) is 22.8. The van der Waals surface area contributed by atoms with Gasteiger partial charge in [-0.1, -0.05) is 29.8 Å². The molecule has 1 aliphatic heterocycles. The Morgan fingerprint density at radius 1 is 1.33 bits per heavy atom. The van der Waals surface area contributed by atoms with Crippen LogP contribution in [0.2, 0.25) is 5.02 Å². The molecule has 0 saturated carbocycles. The molecule has 24 heavy (non-hydrogen) atoms. The monoisotopic (exact) mass is 343 g/mol. The Balaban J connectivity index is 1.43. The smallest absolute Gasteiger partial charge is 0.222 e. The zero-order chi connectivity index (χ0) is 16.6. The van der Waals surface area contributed by atoms with Gasteiger partial charge in [0.05, 0.1) is 6.20 Å². The number of hydrogen-bond donors (Lipinski definition) is 1. The molecule has 0 bridgehead atoms. The van der Waals surface area contributed by atoms with E-state index < -0.39 is 0 Å². The molecule has 1 atom stereocenters. The third-order valence-electron chi connectivity index (χ3n) is 5.62. The molecule has 2 aromatic rings. The summed E-state index contributed by atoms with van der Waals surface area (Å²) in [5, 5.41) is 8.15. The van der Waals surface area contributed by atoms with Gasteiger partial charge in [0.2, 0.25) is 5.91 Å². The van der Waals surface area contributed by atoms with E-state index in [0.717, 1.165) is 49.4 Å². The minimum Gasteiger partial charge on any atom is -0.342 e. The highest BCUT2D eigenvalue weighted by Gasteiger charge is 2.44. The van der Waals surface area contributed by atoms with Crippen molar-refractivity contribution in [2.75, 3.05) is 13.1 Å². The highest BCUT2D eigenvalue weighted by molar-refractivity contribution is 6.31. The zero-order valence-corrected chi connectivity index (χ0v) is 14.5. The summed E-state index contributed by atoms with van der Waals surface area (Å²) in [5.74, 6) is 0.238. The average Bonchev–Trinajstić information content (AvgIpc) is 3.19. The Kier molecular flexibility index (Phi) is 4.09. The Morgan fingerprint density at radius 3 is 3.08 bits per heavy atom. The molecule has 2 aliphatic rings. The number of nitrogens with one attached hydrogen (secondary N) is 1. The second-order valence-corrected chi connectivity index (χ2v) is 7.47. The third-order valence-corrected chi connectivity index (χ3v) is 5.99. The van der Waals surface area contributed by atoms with E-state index >= 15 is 0 Å². The van der Waals surface area contributed by atoms with Gasteiger partial charge < -0.3 is 4.90 Å². The van der Waals surface area contributed by atoms with Crippen molar-refractivity contribution >= 4 is 17.5 Å². The fraction of sp³-hybridized carbons (Fsp3) is 0.474. The van der Waals surface area contributed by atoms with Crippen LogP contribution in [-0.4, -0.2) is 34.1 Å². The van der Waals surface area contributed by atoms with Crippen LogP contribution in [0, 0.1) is 0 Å². The lowest BCUT2D eigenvalue weighted by Crippen LogP contribution is -2.47. The molecule has 4 nitrogen and oxygen atoms in total. The molecule has 1 N–H and O–H groups in total. The number of likely N-dealkylation sites (tertiary alicyclic amines) is 1. The number of aromatic amines is 1. The van der Waals surface area contributed by atoms with Gasteiger partial charge in [-0.25, -0.2) is 0 Å². The van der Waals surface area contributed by atoms with Gasteiger partial charge in [-0.2, -0.15) is 5.10 Å². The van der Waals surface area contributed by atoms with Crippen molar-refractivity contribution in [2.24, 2.45) is 0 Å². The van der Waals surface area contributed by atoms with E-state index in [1.54, 1.807) is 0 Å². The summed E-state index contributed by atoms with van der Waals surface area (Å²) in [7, 11) is 0. The van der Waals surface area contributed by atoms with Crippen molar-refractivity contribution in [1.82, 2.24) is 15.1 Å². The topological polar surface area (TPSA) is 49.0 Å². The van der Waals surface area contributed by atoms with Gasteiger partial charge in [-0.15, -0.1) is 0 Å². The lowest BCUT2D eigenvalue weighted by atomic mass is 9.77. The van der Waals surface area contributed by atoms with Crippen LogP contribution in [0.4, 0.5) is 0 Å². The maximum absolute atomic E-state index is 12.7. The van der Waals surface area contributed by atoms with Crippen molar-refractivity contribution in [3.63, 3.8) is 0 Å². The SMILES string of the molecule is O=C(CCc1ccccc1Cl)N1CCCC2(CCc3cn[nH]c32)C1. The van der Waals surface area contributed by atoms with E-state index in [4.69, 9.17) is 11.6 Å². The quantitative estimate of drug-likeness (QED) is 0.927. The maximum Gasteiger partial charge on any atom is 0.222 e. The van der Waals surface area contributed by atoms with E-state index in [1.807, 2.05) is 30.5 Å². The maximum atomic E-state index is 12.7. The number of halogens is 1. The zero-order valence-electron chi connectivity index (χ0n) is 13.7. The van der Waals surface area contributed by atoms with Crippen LogP contribution < -0.4 is 0 Å². The van der Waals surface area contributed by atoms with E-state index in [-0.39, 0.29) is 11.3 Å². The molecule has 5 heteroatoms. The van der Waals surface area contributed by atoms with E-state index in [1.165, 1.54) is 11.3 Å². The van der Waals surface area contributed by atoms with Crippen molar-refractivity contribution in [3.05, 3.63) is 52.3 Å². The summed E-state index contributed by atoms with van der Waals surface area (Å²) in [6, 6.07) is 7.78. The number of nitrogens with zero attached hydrogens (tertiary/aromatic N) is 2. The standard InChI is InChI=1S/C19H22ClN3O/c20-16-5-2-1-4-14(16)6-7-17(24)23-11-3-9-19(13-23)10-8-15-12-21-22-18(15)19/h1-2,4-5,12H,3,6-11,13H2,(H,21,22). The Bertz CT molecular complexity index is 757. The molecule has 1 unspecified atom stereocenters. The lowest BCUT2D eigenvalue weighted by molar-refractivity contribution is -0.133. The highest BCUT2D eigenvalue weighted by Crippen LogP contribution is 2.43. The predicted molar refractivity (Wildman–Crippen MR) is 94.2 cm³/mol. The van der Waals surface area contributed by atoms with Gasteiger partial charge >= 0.3 is 0 Å². The number of amides is 1. The number of fused-ring (bicyclic) bond motifs is 2. The predicted octanol–water partition coefficient (Wildman–Crippen LogP) is 3.50. The van der Waals surface area contributed by atoms with Gasteiger partial charge in [-0.05, 0) is 49.3 Å². The van der Waals surface area contributed by atoms with Crippen LogP contribution in [0.3, 0.4) is 0 Å². The van der Waals surface area contributed by atoms with Crippen molar-refractivity contribution in [3.8, 4) is 0 Å². The van der Waals surface area contributed by atoms with Gasteiger partial charge in [0.15, 0.2) is 0 Å². The first kappa shape index (κ1) is 15.7. The lowest BCUT2D eigenvalue weighted by Gasteiger charge is -2.40. The summed E-state index contributed by atoms with van der Waals surface area (Å²) in [6.45, 7) is 1.69. The van der Waals surface area contributed by atoms with Crippen LogP contribution in [-0.2, 0) is 23.1 Å². The summed E-state index contributed by atoms with van der Waals surface area (Å²) in [6.07, 6.45) is 7.60. The molecule has 2 heterocycles. The second kappa shape index (κ2) is 6.25. The minimum atomic E-state index is 0.101. The van der Waals surface area contributed by atoms with Gasteiger partial charge in [-0.3, -0.25) is 9.89 Å². The Labute approximate surface area is 147 Å². The molecule has 1 aliphatic carbocycles. The fourth-order valence-corrected chi connectivity index (χ4v) is 4.54.